The van der Waals surface area contributed by atoms with Gasteiger partial charge in [0.2, 0.25) is 11.8 Å². The van der Waals surface area contributed by atoms with Gasteiger partial charge < -0.3 is 20.4 Å². The maximum Gasteiger partial charge on any atom is 0.256 e. The van der Waals surface area contributed by atoms with E-state index in [2.05, 4.69) is 10.6 Å². The Labute approximate surface area is 156 Å². The summed E-state index contributed by atoms with van der Waals surface area (Å²) in [7, 11) is 0. The van der Waals surface area contributed by atoms with Crippen molar-refractivity contribution in [2.24, 2.45) is 5.92 Å². The molecule has 3 aliphatic rings. The summed E-state index contributed by atoms with van der Waals surface area (Å²) in [5, 5.41) is 6.51. The summed E-state index contributed by atoms with van der Waals surface area (Å²) in [6.07, 6.45) is 1.64. The second-order valence-corrected chi connectivity index (χ2v) is 7.44. The molecule has 4 rings (SSSR count). The van der Waals surface area contributed by atoms with E-state index in [0.717, 1.165) is 25.9 Å². The minimum atomic E-state index is -0.673. The van der Waals surface area contributed by atoms with Crippen molar-refractivity contribution >= 4 is 35.0 Å². The monoisotopic (exact) mass is 376 g/mol. The molecule has 2 fully saturated rings. The number of anilines is 1. The Morgan fingerprint density at radius 2 is 1.92 bits per heavy atom. The first-order chi connectivity index (χ1) is 12.5. The van der Waals surface area contributed by atoms with Crippen molar-refractivity contribution in [2.75, 3.05) is 38.0 Å². The third-order valence-electron chi connectivity index (χ3n) is 5.41. The Morgan fingerprint density at radius 3 is 2.69 bits per heavy atom. The Bertz CT molecular complexity index is 763. The third kappa shape index (κ3) is 3.05. The summed E-state index contributed by atoms with van der Waals surface area (Å²) in [6, 6.07) is 4.19. The molecule has 8 heteroatoms. The molecular weight excluding hydrogens is 356 g/mol. The fourth-order valence-electron chi connectivity index (χ4n) is 3.95. The quantitative estimate of drug-likeness (QED) is 0.764. The highest BCUT2D eigenvalue weighted by Gasteiger charge is 2.41. The zero-order valence-corrected chi connectivity index (χ0v) is 15.1. The van der Waals surface area contributed by atoms with Crippen LogP contribution in [0.5, 0.6) is 0 Å². The number of halogens is 1. The van der Waals surface area contributed by atoms with Crippen LogP contribution in [0.15, 0.2) is 18.2 Å². The number of rotatable bonds is 1. The molecule has 3 amide bonds. The highest BCUT2D eigenvalue weighted by molar-refractivity contribution is 6.31. The zero-order valence-electron chi connectivity index (χ0n) is 14.3. The second-order valence-electron chi connectivity index (χ2n) is 7.00. The van der Waals surface area contributed by atoms with Gasteiger partial charge in [-0.15, -0.1) is 0 Å². The Morgan fingerprint density at radius 1 is 1.15 bits per heavy atom. The number of carbonyl (C=O) groups excluding carboxylic acids is 3. The van der Waals surface area contributed by atoms with Gasteiger partial charge in [-0.2, -0.15) is 0 Å². The fraction of sp³-hybridized carbons (Fsp3) is 0.500. The van der Waals surface area contributed by atoms with Gasteiger partial charge in [0, 0.05) is 24.0 Å². The Hall–Kier alpha value is -2.12. The molecule has 3 aliphatic heterocycles. The van der Waals surface area contributed by atoms with Crippen molar-refractivity contribution in [2.45, 2.75) is 18.9 Å². The first-order valence-corrected chi connectivity index (χ1v) is 9.33. The number of carbonyl (C=O) groups is 3. The molecule has 138 valence electrons. The van der Waals surface area contributed by atoms with Crippen molar-refractivity contribution < 1.29 is 14.4 Å². The van der Waals surface area contributed by atoms with Gasteiger partial charge in [0.05, 0.1) is 17.8 Å². The van der Waals surface area contributed by atoms with E-state index in [1.165, 1.54) is 0 Å². The summed E-state index contributed by atoms with van der Waals surface area (Å²) in [5.74, 6) is -0.379. The molecule has 1 atom stereocenters. The van der Waals surface area contributed by atoms with Crippen molar-refractivity contribution in [3.8, 4) is 0 Å². The van der Waals surface area contributed by atoms with Crippen LogP contribution in [0, 0.1) is 5.92 Å². The highest BCUT2D eigenvalue weighted by Crippen LogP contribution is 2.28. The van der Waals surface area contributed by atoms with Crippen LogP contribution >= 0.6 is 11.6 Å². The van der Waals surface area contributed by atoms with Gasteiger partial charge in [0.25, 0.3) is 5.91 Å². The number of nitrogens with zero attached hydrogens (tertiary/aromatic N) is 2. The first-order valence-electron chi connectivity index (χ1n) is 8.95. The van der Waals surface area contributed by atoms with Crippen LogP contribution in [0.25, 0.3) is 0 Å². The molecule has 26 heavy (non-hydrogen) atoms. The second kappa shape index (κ2) is 6.89. The maximum absolute atomic E-state index is 12.9. The van der Waals surface area contributed by atoms with Crippen molar-refractivity contribution in [1.29, 1.82) is 0 Å². The lowest BCUT2D eigenvalue weighted by molar-refractivity contribution is -0.140. The van der Waals surface area contributed by atoms with Gasteiger partial charge in [-0.25, -0.2) is 0 Å². The molecule has 1 aromatic rings. The van der Waals surface area contributed by atoms with Gasteiger partial charge in [-0.05, 0) is 44.1 Å². The van der Waals surface area contributed by atoms with Crippen LogP contribution in [-0.2, 0) is 9.59 Å². The third-order valence-corrected chi connectivity index (χ3v) is 5.65. The minimum absolute atomic E-state index is 0.00310. The average Bonchev–Trinajstić information content (AvgIpc) is 2.76. The lowest BCUT2D eigenvalue weighted by Crippen LogP contribution is -2.60. The van der Waals surface area contributed by atoms with Crippen LogP contribution in [-0.4, -0.2) is 66.3 Å². The molecule has 1 aromatic carbocycles. The normalized spacial score (nSPS) is 23.8. The zero-order chi connectivity index (χ0) is 18.3. The van der Waals surface area contributed by atoms with Crippen LogP contribution in [0.1, 0.15) is 23.2 Å². The molecule has 0 bridgehead atoms. The molecule has 0 radical (unpaired) electrons. The van der Waals surface area contributed by atoms with Crippen molar-refractivity contribution in [1.82, 2.24) is 15.1 Å². The first kappa shape index (κ1) is 17.3. The average molecular weight is 377 g/mol. The van der Waals surface area contributed by atoms with E-state index in [9.17, 15) is 14.4 Å². The Kier molecular flexibility index (Phi) is 4.58. The maximum atomic E-state index is 12.9. The molecule has 1 unspecified atom stereocenters. The number of hydrogen-bond acceptors (Lipinski definition) is 4. The highest BCUT2D eigenvalue weighted by atomic mass is 35.5. The molecule has 3 heterocycles. The lowest BCUT2D eigenvalue weighted by Gasteiger charge is -2.41. The lowest BCUT2D eigenvalue weighted by atomic mass is 9.95. The standard InChI is InChI=1S/C18H21ClN4O3/c19-12-1-2-13-14(9-12)21-16(24)15-10-22(7-8-23(15)18(13)26)17(25)11-3-5-20-6-4-11/h1-2,9,11,15,20H,3-8,10H2,(H,21,24). The number of fused-ring (bicyclic) bond motifs is 2. The molecule has 0 spiro atoms. The van der Waals surface area contributed by atoms with Crippen LogP contribution in [0.2, 0.25) is 5.02 Å². The summed E-state index contributed by atoms with van der Waals surface area (Å²) in [5.41, 5.74) is 0.863. The predicted octanol–water partition coefficient (Wildman–Crippen LogP) is 0.945. The topological polar surface area (TPSA) is 81.8 Å². The number of nitrogens with one attached hydrogen (secondary N) is 2. The molecule has 7 nitrogen and oxygen atoms in total. The summed E-state index contributed by atoms with van der Waals surface area (Å²) in [4.78, 5) is 41.7. The van der Waals surface area contributed by atoms with Crippen LogP contribution in [0.4, 0.5) is 5.69 Å². The summed E-state index contributed by atoms with van der Waals surface area (Å²) >= 11 is 5.99. The van der Waals surface area contributed by atoms with E-state index in [4.69, 9.17) is 11.6 Å². The van der Waals surface area contributed by atoms with E-state index in [-0.39, 0.29) is 30.2 Å². The molecule has 0 saturated carbocycles. The number of benzene rings is 1. The molecule has 0 aliphatic carbocycles. The SMILES string of the molecule is O=C1Nc2cc(Cl)ccc2C(=O)N2CCN(C(=O)C3CCNCC3)CC12. The van der Waals surface area contributed by atoms with E-state index < -0.39 is 6.04 Å². The van der Waals surface area contributed by atoms with E-state index in [0.29, 0.717) is 29.4 Å². The van der Waals surface area contributed by atoms with Crippen LogP contribution < -0.4 is 10.6 Å². The van der Waals surface area contributed by atoms with Gasteiger partial charge in [-0.1, -0.05) is 11.6 Å². The summed E-state index contributed by atoms with van der Waals surface area (Å²) in [6.45, 7) is 2.74. The molecule has 0 aromatic heterocycles. The fourth-order valence-corrected chi connectivity index (χ4v) is 4.13. The largest absolute Gasteiger partial charge is 0.338 e. The van der Waals surface area contributed by atoms with E-state index in [1.54, 1.807) is 28.0 Å². The molecule has 2 N–H and O–H groups in total. The van der Waals surface area contributed by atoms with Gasteiger partial charge in [-0.3, -0.25) is 14.4 Å². The number of piperidine rings is 1. The van der Waals surface area contributed by atoms with E-state index in [1.807, 2.05) is 0 Å². The summed E-state index contributed by atoms with van der Waals surface area (Å²) < 4.78 is 0. The Balaban J connectivity index is 1.55. The van der Waals surface area contributed by atoms with Gasteiger partial charge >= 0.3 is 0 Å². The molecular formula is C18H21ClN4O3. The van der Waals surface area contributed by atoms with Crippen molar-refractivity contribution in [3.05, 3.63) is 28.8 Å². The van der Waals surface area contributed by atoms with Gasteiger partial charge in [0.15, 0.2) is 0 Å². The number of piperazine rings is 1. The minimum Gasteiger partial charge on any atom is -0.338 e. The van der Waals surface area contributed by atoms with E-state index >= 15 is 0 Å². The van der Waals surface area contributed by atoms with Crippen molar-refractivity contribution in [3.63, 3.8) is 0 Å². The number of amides is 3. The predicted molar refractivity (Wildman–Crippen MR) is 97.1 cm³/mol. The van der Waals surface area contributed by atoms with Gasteiger partial charge in [0.1, 0.15) is 6.04 Å². The molecule has 2 saturated heterocycles. The number of hydrogen-bond donors (Lipinski definition) is 2. The van der Waals surface area contributed by atoms with Crippen LogP contribution in [0.3, 0.4) is 0 Å². The smallest absolute Gasteiger partial charge is 0.256 e.